The average Bonchev–Trinajstić information content (AvgIpc) is 3.19. The Labute approximate surface area is 180 Å². The highest BCUT2D eigenvalue weighted by Gasteiger charge is 2.44. The SMILES string of the molecule is COc1ccc(OCc2ccc(C3C(C#N)=C(N)OC4=C3C(=O)CC(C)(C)C4)o2)cc1. The van der Waals surface area contributed by atoms with Gasteiger partial charge in [-0.25, -0.2) is 0 Å². The van der Waals surface area contributed by atoms with Crippen molar-refractivity contribution in [1.29, 1.82) is 5.26 Å². The molecule has 7 heteroatoms. The van der Waals surface area contributed by atoms with Crippen molar-refractivity contribution in [3.63, 3.8) is 0 Å². The lowest BCUT2D eigenvalue weighted by Crippen LogP contribution is -2.33. The number of ether oxygens (including phenoxy) is 3. The first-order valence-electron chi connectivity index (χ1n) is 10.0. The van der Waals surface area contributed by atoms with E-state index in [1.807, 2.05) is 26.0 Å². The monoisotopic (exact) mass is 420 g/mol. The van der Waals surface area contributed by atoms with Crippen molar-refractivity contribution in [2.24, 2.45) is 11.1 Å². The van der Waals surface area contributed by atoms with Crippen LogP contribution in [0.3, 0.4) is 0 Å². The molecule has 0 fully saturated rings. The summed E-state index contributed by atoms with van der Waals surface area (Å²) < 4.78 is 22.6. The fourth-order valence-electron chi connectivity index (χ4n) is 4.02. The molecule has 1 unspecified atom stereocenters. The van der Waals surface area contributed by atoms with E-state index in [1.165, 1.54) is 0 Å². The summed E-state index contributed by atoms with van der Waals surface area (Å²) in [4.78, 5) is 13.0. The Hall–Kier alpha value is -3.66. The summed E-state index contributed by atoms with van der Waals surface area (Å²) >= 11 is 0. The zero-order valence-corrected chi connectivity index (χ0v) is 17.7. The predicted octanol–water partition coefficient (Wildman–Crippen LogP) is 4.32. The molecule has 0 amide bonds. The van der Waals surface area contributed by atoms with E-state index >= 15 is 0 Å². The van der Waals surface area contributed by atoms with Gasteiger partial charge in [0.25, 0.3) is 0 Å². The Morgan fingerprint density at radius 2 is 1.87 bits per heavy atom. The van der Waals surface area contributed by atoms with E-state index in [4.69, 9.17) is 24.4 Å². The molecule has 0 saturated carbocycles. The standard InChI is InChI=1S/C24H24N2O5/c1-24(2)10-18(27)22-20(11-24)31-23(26)17(12-25)21(22)19-9-8-16(30-19)13-29-15-6-4-14(28-3)5-7-15/h4-9,21H,10-11,13,26H2,1-3H3. The van der Waals surface area contributed by atoms with Gasteiger partial charge in [0, 0.05) is 18.4 Å². The van der Waals surface area contributed by atoms with E-state index in [-0.39, 0.29) is 29.3 Å². The number of carbonyl (C=O) groups is 1. The number of rotatable bonds is 5. The Morgan fingerprint density at radius 3 is 2.55 bits per heavy atom. The number of nitrogens with two attached hydrogens (primary N) is 1. The number of ketones is 1. The largest absolute Gasteiger partial charge is 0.497 e. The highest BCUT2D eigenvalue weighted by Crippen LogP contribution is 2.48. The first-order valence-corrected chi connectivity index (χ1v) is 10.0. The van der Waals surface area contributed by atoms with Crippen LogP contribution in [0.15, 0.2) is 63.6 Å². The third kappa shape index (κ3) is 4.02. The third-order valence-corrected chi connectivity index (χ3v) is 5.48. The van der Waals surface area contributed by atoms with Crippen molar-refractivity contribution in [2.75, 3.05) is 7.11 Å². The zero-order valence-electron chi connectivity index (χ0n) is 17.7. The summed E-state index contributed by atoms with van der Waals surface area (Å²) in [5.41, 5.74) is 6.45. The highest BCUT2D eigenvalue weighted by molar-refractivity contribution is 5.99. The van der Waals surface area contributed by atoms with Crippen molar-refractivity contribution in [2.45, 2.75) is 39.2 Å². The maximum Gasteiger partial charge on any atom is 0.205 e. The third-order valence-electron chi connectivity index (χ3n) is 5.48. The zero-order chi connectivity index (χ0) is 22.2. The van der Waals surface area contributed by atoms with Crippen LogP contribution in [0.2, 0.25) is 0 Å². The van der Waals surface area contributed by atoms with Crippen molar-refractivity contribution < 1.29 is 23.4 Å². The molecule has 1 atom stereocenters. The topological polar surface area (TPSA) is 108 Å². The fraction of sp³-hybridized carbons (Fsp3) is 0.333. The van der Waals surface area contributed by atoms with E-state index < -0.39 is 5.92 Å². The number of benzene rings is 1. The molecule has 160 valence electrons. The molecule has 2 N–H and O–H groups in total. The Bertz CT molecular complexity index is 1120. The van der Waals surface area contributed by atoms with Gasteiger partial charge < -0.3 is 24.4 Å². The number of allylic oxidation sites excluding steroid dienone is 3. The number of nitrogens with zero attached hydrogens (tertiary/aromatic N) is 1. The summed E-state index contributed by atoms with van der Waals surface area (Å²) in [5.74, 6) is 2.26. The summed E-state index contributed by atoms with van der Waals surface area (Å²) in [5, 5.41) is 9.70. The first kappa shape index (κ1) is 20.6. The summed E-state index contributed by atoms with van der Waals surface area (Å²) in [6.45, 7) is 4.21. The van der Waals surface area contributed by atoms with Gasteiger partial charge in [0.05, 0.1) is 13.0 Å². The molecule has 2 aromatic rings. The molecule has 1 aromatic carbocycles. The average molecular weight is 420 g/mol. The minimum atomic E-state index is -0.674. The molecule has 2 heterocycles. The number of Topliss-reactive ketones (excluding diaryl/α,β-unsaturated/α-hetero) is 1. The molecule has 7 nitrogen and oxygen atoms in total. The second kappa shape index (κ2) is 7.88. The maximum absolute atomic E-state index is 13.0. The minimum absolute atomic E-state index is 0.0178. The van der Waals surface area contributed by atoms with Crippen molar-refractivity contribution in [3.8, 4) is 17.6 Å². The van der Waals surface area contributed by atoms with Gasteiger partial charge in [-0.05, 0) is 41.8 Å². The molecular weight excluding hydrogens is 396 g/mol. The second-order valence-corrected chi connectivity index (χ2v) is 8.47. The second-order valence-electron chi connectivity index (χ2n) is 8.47. The van der Waals surface area contributed by atoms with Crippen LogP contribution in [-0.4, -0.2) is 12.9 Å². The van der Waals surface area contributed by atoms with Crippen LogP contribution in [0, 0.1) is 16.7 Å². The lowest BCUT2D eigenvalue weighted by molar-refractivity contribution is -0.119. The molecule has 1 aromatic heterocycles. The minimum Gasteiger partial charge on any atom is -0.497 e. The van der Waals surface area contributed by atoms with E-state index in [9.17, 15) is 10.1 Å². The lowest BCUT2D eigenvalue weighted by atomic mass is 9.71. The van der Waals surface area contributed by atoms with Crippen molar-refractivity contribution in [3.05, 3.63) is 70.7 Å². The molecule has 2 aliphatic rings. The predicted molar refractivity (Wildman–Crippen MR) is 112 cm³/mol. The van der Waals surface area contributed by atoms with Gasteiger partial charge in [0.1, 0.15) is 47.0 Å². The van der Waals surface area contributed by atoms with Gasteiger partial charge >= 0.3 is 0 Å². The van der Waals surface area contributed by atoms with E-state index in [2.05, 4.69) is 6.07 Å². The smallest absolute Gasteiger partial charge is 0.205 e. The molecule has 31 heavy (non-hydrogen) atoms. The number of nitriles is 1. The van der Waals surface area contributed by atoms with Crippen LogP contribution in [0.1, 0.15) is 44.1 Å². The number of methoxy groups -OCH3 is 1. The molecule has 0 saturated heterocycles. The highest BCUT2D eigenvalue weighted by atomic mass is 16.5. The number of hydrogen-bond acceptors (Lipinski definition) is 7. The number of carbonyl (C=O) groups excluding carboxylic acids is 1. The fourth-order valence-corrected chi connectivity index (χ4v) is 4.02. The lowest BCUT2D eigenvalue weighted by Gasteiger charge is -2.36. The van der Waals surface area contributed by atoms with Gasteiger partial charge in [0.2, 0.25) is 5.88 Å². The summed E-state index contributed by atoms with van der Waals surface area (Å²) in [7, 11) is 1.60. The Kier molecular flexibility index (Phi) is 5.24. The van der Waals surface area contributed by atoms with E-state index in [0.29, 0.717) is 41.4 Å². The molecule has 1 aliphatic carbocycles. The molecule has 0 bridgehead atoms. The quantitative estimate of drug-likeness (QED) is 0.767. The maximum atomic E-state index is 13.0. The summed E-state index contributed by atoms with van der Waals surface area (Å²) in [6.07, 6.45) is 0.941. The van der Waals surface area contributed by atoms with Crippen LogP contribution in [-0.2, 0) is 16.1 Å². The van der Waals surface area contributed by atoms with Gasteiger partial charge in [-0.3, -0.25) is 4.79 Å². The Balaban J connectivity index is 1.60. The van der Waals surface area contributed by atoms with E-state index in [1.54, 1.807) is 31.4 Å². The first-order chi connectivity index (χ1) is 14.8. The molecular formula is C24H24N2O5. The van der Waals surface area contributed by atoms with E-state index in [0.717, 1.165) is 5.75 Å². The summed E-state index contributed by atoms with van der Waals surface area (Å²) in [6, 6.07) is 12.8. The van der Waals surface area contributed by atoms with Gasteiger partial charge in [-0.15, -0.1) is 0 Å². The number of hydrogen-bond donors (Lipinski definition) is 1. The van der Waals surface area contributed by atoms with Crippen molar-refractivity contribution in [1.82, 2.24) is 0 Å². The van der Waals surface area contributed by atoms with Gasteiger partial charge in [0.15, 0.2) is 5.78 Å². The molecule has 4 rings (SSSR count). The Morgan fingerprint density at radius 1 is 1.16 bits per heavy atom. The molecule has 0 spiro atoms. The van der Waals surface area contributed by atoms with Gasteiger partial charge in [-0.1, -0.05) is 13.8 Å². The van der Waals surface area contributed by atoms with Crippen molar-refractivity contribution >= 4 is 5.78 Å². The van der Waals surface area contributed by atoms with Crippen LogP contribution >= 0.6 is 0 Å². The van der Waals surface area contributed by atoms with Crippen LogP contribution in [0.25, 0.3) is 0 Å². The van der Waals surface area contributed by atoms with Crippen LogP contribution in [0.5, 0.6) is 11.5 Å². The van der Waals surface area contributed by atoms with Crippen LogP contribution < -0.4 is 15.2 Å². The molecule has 1 aliphatic heterocycles. The number of furan rings is 1. The van der Waals surface area contributed by atoms with Crippen LogP contribution in [0.4, 0.5) is 0 Å². The van der Waals surface area contributed by atoms with Gasteiger partial charge in [-0.2, -0.15) is 5.26 Å². The normalized spacial score (nSPS) is 20.1. The molecule has 0 radical (unpaired) electrons.